The Kier molecular flexibility index (Phi) is 4.92. The summed E-state index contributed by atoms with van der Waals surface area (Å²) in [4.78, 5) is 25.7. The van der Waals surface area contributed by atoms with Crippen LogP contribution in [0.4, 0.5) is 10.5 Å². The van der Waals surface area contributed by atoms with E-state index in [0.29, 0.717) is 5.56 Å². The molecule has 0 bridgehead atoms. The Morgan fingerprint density at radius 3 is 2.78 bits per heavy atom. The van der Waals surface area contributed by atoms with Gasteiger partial charge in [-0.15, -0.1) is 0 Å². The number of halogens is 1. The molecule has 94 valence electrons. The first-order chi connectivity index (χ1) is 8.52. The Balaban J connectivity index is 2.54. The van der Waals surface area contributed by atoms with Crippen molar-refractivity contribution >= 4 is 29.3 Å². The highest BCUT2D eigenvalue weighted by Gasteiger charge is 2.07. The monoisotopic (exact) mass is 269 g/mol. The standard InChI is InChI=1S/C10H8ClN3O4/c11-7-3-6(4-12)1-2-8(7)13-10(17)14-18-5-9(15)16/h1-3H,5H2,(H,15,16)(H2,13,14,17). The molecule has 8 heteroatoms. The fraction of sp³-hybridized carbons (Fsp3) is 0.100. The van der Waals surface area contributed by atoms with Crippen LogP contribution in [0.15, 0.2) is 18.2 Å². The van der Waals surface area contributed by atoms with Crippen molar-refractivity contribution in [1.82, 2.24) is 5.48 Å². The Labute approximate surface area is 107 Å². The number of carbonyl (C=O) groups is 2. The highest BCUT2D eigenvalue weighted by atomic mass is 35.5. The predicted molar refractivity (Wildman–Crippen MR) is 61.9 cm³/mol. The maximum Gasteiger partial charge on any atom is 0.343 e. The summed E-state index contributed by atoms with van der Waals surface area (Å²) in [5, 5.41) is 19.4. The van der Waals surface area contributed by atoms with Crippen LogP contribution >= 0.6 is 11.6 Å². The van der Waals surface area contributed by atoms with Gasteiger partial charge in [-0.1, -0.05) is 11.6 Å². The number of rotatable bonds is 4. The van der Waals surface area contributed by atoms with E-state index in [1.807, 2.05) is 11.5 Å². The summed E-state index contributed by atoms with van der Waals surface area (Å²) in [6.07, 6.45) is 0. The third kappa shape index (κ3) is 4.29. The highest BCUT2D eigenvalue weighted by Crippen LogP contribution is 2.22. The summed E-state index contributed by atoms with van der Waals surface area (Å²) < 4.78 is 0. The molecular weight excluding hydrogens is 262 g/mol. The minimum absolute atomic E-state index is 0.183. The van der Waals surface area contributed by atoms with E-state index in [2.05, 4.69) is 10.2 Å². The fourth-order valence-corrected chi connectivity index (χ4v) is 1.23. The average Bonchev–Trinajstić information content (AvgIpc) is 2.31. The number of anilines is 1. The van der Waals surface area contributed by atoms with E-state index >= 15 is 0 Å². The number of urea groups is 1. The molecule has 0 aliphatic rings. The maximum absolute atomic E-state index is 11.2. The quantitative estimate of drug-likeness (QED) is 0.714. The van der Waals surface area contributed by atoms with Crippen molar-refractivity contribution < 1.29 is 19.5 Å². The van der Waals surface area contributed by atoms with Crippen LogP contribution in [0.1, 0.15) is 5.56 Å². The summed E-state index contributed by atoms with van der Waals surface area (Å²) in [6, 6.07) is 5.42. The number of amides is 2. The number of hydrogen-bond acceptors (Lipinski definition) is 4. The van der Waals surface area contributed by atoms with Gasteiger partial charge in [0.1, 0.15) is 0 Å². The molecular formula is C10H8ClN3O4. The number of carboxylic acid groups (broad SMARTS) is 1. The molecule has 2 amide bonds. The second-order valence-corrected chi connectivity index (χ2v) is 3.45. The molecule has 0 aromatic heterocycles. The number of nitrogens with one attached hydrogen (secondary N) is 2. The van der Waals surface area contributed by atoms with Crippen LogP contribution in [0, 0.1) is 11.3 Å². The number of benzene rings is 1. The van der Waals surface area contributed by atoms with Gasteiger partial charge in [-0.2, -0.15) is 5.26 Å². The van der Waals surface area contributed by atoms with Gasteiger partial charge in [-0.3, -0.25) is 4.84 Å². The smallest absolute Gasteiger partial charge is 0.343 e. The van der Waals surface area contributed by atoms with Crippen molar-refractivity contribution in [2.24, 2.45) is 0 Å². The molecule has 7 nitrogen and oxygen atoms in total. The molecule has 1 aromatic carbocycles. The van der Waals surface area contributed by atoms with E-state index < -0.39 is 18.6 Å². The summed E-state index contributed by atoms with van der Waals surface area (Å²) in [5.41, 5.74) is 2.49. The normalized spacial score (nSPS) is 9.33. The second kappa shape index (κ2) is 6.44. The van der Waals surface area contributed by atoms with Gasteiger partial charge in [-0.05, 0) is 18.2 Å². The first-order valence-electron chi connectivity index (χ1n) is 4.63. The number of aliphatic carboxylic acids is 1. The summed E-state index contributed by atoms with van der Waals surface area (Å²) in [6.45, 7) is -0.658. The zero-order chi connectivity index (χ0) is 13.5. The lowest BCUT2D eigenvalue weighted by Gasteiger charge is -2.08. The zero-order valence-electron chi connectivity index (χ0n) is 8.94. The van der Waals surface area contributed by atoms with Gasteiger partial charge in [0.15, 0.2) is 6.61 Å². The molecule has 1 rings (SSSR count). The Bertz CT molecular complexity index is 512. The lowest BCUT2D eigenvalue weighted by molar-refractivity contribution is -0.143. The molecule has 3 N–H and O–H groups in total. The molecule has 0 saturated heterocycles. The molecule has 0 unspecified atom stereocenters. The van der Waals surface area contributed by atoms with Crippen molar-refractivity contribution in [3.8, 4) is 6.07 Å². The van der Waals surface area contributed by atoms with Gasteiger partial charge >= 0.3 is 12.0 Å². The lowest BCUT2D eigenvalue weighted by atomic mass is 10.2. The van der Waals surface area contributed by atoms with Crippen LogP contribution in [0.2, 0.25) is 5.02 Å². The lowest BCUT2D eigenvalue weighted by Crippen LogP contribution is -2.30. The van der Waals surface area contributed by atoms with E-state index in [1.165, 1.54) is 18.2 Å². The van der Waals surface area contributed by atoms with Crippen LogP contribution in [0.3, 0.4) is 0 Å². The first kappa shape index (κ1) is 13.8. The van der Waals surface area contributed by atoms with E-state index in [0.717, 1.165) is 0 Å². The molecule has 0 aliphatic carbocycles. The average molecular weight is 270 g/mol. The predicted octanol–water partition coefficient (Wildman–Crippen LogP) is 1.35. The van der Waals surface area contributed by atoms with Gasteiger partial charge < -0.3 is 10.4 Å². The highest BCUT2D eigenvalue weighted by molar-refractivity contribution is 6.33. The molecule has 0 heterocycles. The topological polar surface area (TPSA) is 111 Å². The van der Waals surface area contributed by atoms with Gasteiger partial charge in [-0.25, -0.2) is 15.1 Å². The molecule has 0 radical (unpaired) electrons. The third-order valence-corrected chi connectivity index (χ3v) is 2.02. The molecule has 0 aliphatic heterocycles. The van der Waals surface area contributed by atoms with Crippen LogP contribution in [0.25, 0.3) is 0 Å². The molecule has 1 aromatic rings. The molecule has 0 atom stereocenters. The van der Waals surface area contributed by atoms with Gasteiger partial charge in [0.2, 0.25) is 0 Å². The largest absolute Gasteiger partial charge is 0.479 e. The van der Waals surface area contributed by atoms with E-state index in [1.54, 1.807) is 0 Å². The first-order valence-corrected chi connectivity index (χ1v) is 5.01. The van der Waals surface area contributed by atoms with E-state index in [4.69, 9.17) is 22.0 Å². The minimum Gasteiger partial charge on any atom is -0.479 e. The fourth-order valence-electron chi connectivity index (χ4n) is 0.997. The minimum atomic E-state index is -1.22. The van der Waals surface area contributed by atoms with Crippen molar-refractivity contribution in [1.29, 1.82) is 5.26 Å². The van der Waals surface area contributed by atoms with Gasteiger partial charge in [0.25, 0.3) is 0 Å². The third-order valence-electron chi connectivity index (χ3n) is 1.71. The maximum atomic E-state index is 11.2. The summed E-state index contributed by atoms with van der Waals surface area (Å²) >= 11 is 5.81. The Morgan fingerprint density at radius 2 is 2.22 bits per heavy atom. The summed E-state index contributed by atoms with van der Waals surface area (Å²) in [5.74, 6) is -1.22. The number of hydroxylamine groups is 1. The van der Waals surface area contributed by atoms with Crippen molar-refractivity contribution in [2.45, 2.75) is 0 Å². The molecule has 18 heavy (non-hydrogen) atoms. The van der Waals surface area contributed by atoms with Gasteiger partial charge in [0, 0.05) is 0 Å². The number of nitriles is 1. The molecule has 0 spiro atoms. The van der Waals surface area contributed by atoms with Crippen molar-refractivity contribution in [3.05, 3.63) is 28.8 Å². The number of carboxylic acids is 1. The van der Waals surface area contributed by atoms with Crippen LogP contribution in [-0.2, 0) is 9.63 Å². The van der Waals surface area contributed by atoms with Crippen molar-refractivity contribution in [3.63, 3.8) is 0 Å². The van der Waals surface area contributed by atoms with Crippen molar-refractivity contribution in [2.75, 3.05) is 11.9 Å². The second-order valence-electron chi connectivity index (χ2n) is 3.05. The molecule has 0 saturated carbocycles. The van der Waals surface area contributed by atoms with E-state index in [9.17, 15) is 9.59 Å². The van der Waals surface area contributed by atoms with E-state index in [-0.39, 0.29) is 10.7 Å². The van der Waals surface area contributed by atoms with Gasteiger partial charge in [0.05, 0.1) is 22.3 Å². The summed E-state index contributed by atoms with van der Waals surface area (Å²) in [7, 11) is 0. The van der Waals surface area contributed by atoms with Crippen LogP contribution in [-0.4, -0.2) is 23.7 Å². The molecule has 0 fully saturated rings. The number of nitrogens with zero attached hydrogens (tertiary/aromatic N) is 1. The SMILES string of the molecule is N#Cc1ccc(NC(=O)NOCC(=O)O)c(Cl)c1. The number of hydrogen-bond donors (Lipinski definition) is 3. The number of carbonyl (C=O) groups excluding carboxylic acids is 1. The Morgan fingerprint density at radius 1 is 1.50 bits per heavy atom. The van der Waals surface area contributed by atoms with Crippen LogP contribution in [0.5, 0.6) is 0 Å². The Hall–Kier alpha value is -2.30. The zero-order valence-corrected chi connectivity index (χ0v) is 9.69. The van der Waals surface area contributed by atoms with Crippen LogP contribution < -0.4 is 10.8 Å².